The lowest BCUT2D eigenvalue weighted by atomic mass is 10.2. The Hall–Kier alpha value is -0.560. The van der Waals surface area contributed by atoms with E-state index >= 15 is 0 Å². The van der Waals surface area contributed by atoms with Crippen molar-refractivity contribution < 1.29 is 4.79 Å². The molecule has 0 saturated carbocycles. The zero-order chi connectivity index (χ0) is 13.3. The predicted octanol–water partition coefficient (Wildman–Crippen LogP) is 3.47. The van der Waals surface area contributed by atoms with Gasteiger partial charge in [0.15, 0.2) is 10.9 Å². The van der Waals surface area contributed by atoms with Gasteiger partial charge in [0.05, 0.1) is 10.1 Å². The Morgan fingerprint density at radius 3 is 2.72 bits per heavy atom. The number of aromatic nitrogens is 3. The van der Waals surface area contributed by atoms with Crippen LogP contribution in [-0.4, -0.2) is 26.3 Å². The predicted molar refractivity (Wildman–Crippen MR) is 75.1 cm³/mol. The van der Waals surface area contributed by atoms with E-state index in [-0.39, 0.29) is 11.5 Å². The van der Waals surface area contributed by atoms with E-state index in [1.165, 1.54) is 23.1 Å². The molecule has 0 amide bonds. The van der Waals surface area contributed by atoms with Gasteiger partial charge in [0.1, 0.15) is 10.2 Å². The molecule has 96 valence electrons. The number of carbonyl (C=O) groups excluding carboxylic acids is 1. The van der Waals surface area contributed by atoms with Crippen LogP contribution in [0.1, 0.15) is 16.2 Å². The third kappa shape index (κ3) is 2.88. The average Bonchev–Trinajstić information content (AvgIpc) is 2.81. The molecule has 0 atom stereocenters. The first kappa shape index (κ1) is 13.9. The van der Waals surface area contributed by atoms with Gasteiger partial charge in [0, 0.05) is 12.6 Å². The maximum atomic E-state index is 12.0. The van der Waals surface area contributed by atoms with Crippen LogP contribution in [0.25, 0.3) is 0 Å². The Labute approximate surface area is 122 Å². The number of carbonyl (C=O) groups is 1. The zero-order valence-corrected chi connectivity index (χ0v) is 12.8. The number of rotatable bonds is 4. The van der Waals surface area contributed by atoms with E-state index in [2.05, 4.69) is 10.2 Å². The van der Waals surface area contributed by atoms with Crippen LogP contribution in [-0.2, 0) is 7.05 Å². The lowest BCUT2D eigenvalue weighted by Crippen LogP contribution is -2.03. The normalized spacial score (nSPS) is 10.9. The molecule has 8 heteroatoms. The van der Waals surface area contributed by atoms with Gasteiger partial charge in [0.25, 0.3) is 0 Å². The second-order valence-corrected chi connectivity index (χ2v) is 6.77. The van der Waals surface area contributed by atoms with Gasteiger partial charge in [-0.1, -0.05) is 35.0 Å². The smallest absolute Gasteiger partial charge is 0.191 e. The molecule has 0 unspecified atom stereocenters. The molecular weight excluding hydrogens is 313 g/mol. The maximum Gasteiger partial charge on any atom is 0.191 e. The van der Waals surface area contributed by atoms with Gasteiger partial charge in [-0.05, 0) is 13.0 Å². The molecule has 0 fully saturated rings. The summed E-state index contributed by atoms with van der Waals surface area (Å²) >= 11 is 14.3. The topological polar surface area (TPSA) is 47.8 Å². The fraction of sp³-hybridized carbons (Fsp3) is 0.300. The van der Waals surface area contributed by atoms with Crippen molar-refractivity contribution in [1.82, 2.24) is 14.8 Å². The summed E-state index contributed by atoms with van der Waals surface area (Å²) in [7, 11) is 1.86. The fourth-order valence-corrected chi connectivity index (χ4v) is 3.59. The van der Waals surface area contributed by atoms with Crippen LogP contribution < -0.4 is 0 Å². The Kier molecular flexibility index (Phi) is 4.32. The number of thiophene rings is 1. The number of halogens is 2. The number of aryl methyl sites for hydroxylation is 1. The minimum absolute atomic E-state index is 0.0613. The van der Waals surface area contributed by atoms with Crippen molar-refractivity contribution in [2.45, 2.75) is 12.1 Å². The molecule has 0 bridgehead atoms. The van der Waals surface area contributed by atoms with Gasteiger partial charge < -0.3 is 4.57 Å². The summed E-state index contributed by atoms with van der Waals surface area (Å²) in [5.41, 5.74) is 0.470. The van der Waals surface area contributed by atoms with E-state index in [4.69, 9.17) is 23.2 Å². The molecule has 2 rings (SSSR count). The molecule has 0 aromatic carbocycles. The van der Waals surface area contributed by atoms with Crippen LogP contribution in [0.2, 0.25) is 8.67 Å². The Balaban J connectivity index is 2.05. The molecule has 0 aliphatic heterocycles. The minimum Gasteiger partial charge on any atom is -0.309 e. The maximum absolute atomic E-state index is 12.0. The highest BCUT2D eigenvalue weighted by Crippen LogP contribution is 2.32. The fourth-order valence-electron chi connectivity index (χ4n) is 1.25. The van der Waals surface area contributed by atoms with Gasteiger partial charge >= 0.3 is 0 Å². The van der Waals surface area contributed by atoms with Crippen LogP contribution in [0.5, 0.6) is 0 Å². The van der Waals surface area contributed by atoms with Gasteiger partial charge in [0.2, 0.25) is 0 Å². The number of hydrogen-bond donors (Lipinski definition) is 0. The first-order valence-electron chi connectivity index (χ1n) is 4.96. The highest BCUT2D eigenvalue weighted by Gasteiger charge is 2.16. The summed E-state index contributed by atoms with van der Waals surface area (Å²) < 4.78 is 2.78. The van der Waals surface area contributed by atoms with Crippen LogP contribution in [0.4, 0.5) is 0 Å². The SMILES string of the molecule is Cc1nnc(SCC(=O)c2cc(Cl)sc2Cl)n1C. The van der Waals surface area contributed by atoms with Crippen molar-refractivity contribution in [2.24, 2.45) is 7.05 Å². The van der Waals surface area contributed by atoms with E-state index in [0.29, 0.717) is 19.4 Å². The molecule has 0 spiro atoms. The summed E-state index contributed by atoms with van der Waals surface area (Å²) in [6.45, 7) is 1.86. The van der Waals surface area contributed by atoms with Crippen molar-refractivity contribution in [2.75, 3.05) is 5.75 Å². The van der Waals surface area contributed by atoms with Gasteiger partial charge in [-0.2, -0.15) is 0 Å². The van der Waals surface area contributed by atoms with Crippen LogP contribution in [0.3, 0.4) is 0 Å². The van der Waals surface area contributed by atoms with Crippen molar-refractivity contribution in [3.8, 4) is 0 Å². The van der Waals surface area contributed by atoms with Crippen molar-refractivity contribution in [3.63, 3.8) is 0 Å². The molecule has 0 aliphatic carbocycles. The largest absolute Gasteiger partial charge is 0.309 e. The Morgan fingerprint density at radius 2 is 2.22 bits per heavy atom. The zero-order valence-electron chi connectivity index (χ0n) is 9.61. The van der Waals surface area contributed by atoms with E-state index in [1.54, 1.807) is 6.07 Å². The van der Waals surface area contributed by atoms with Gasteiger partial charge in [-0.25, -0.2) is 0 Å². The lowest BCUT2D eigenvalue weighted by Gasteiger charge is -2.00. The minimum atomic E-state index is -0.0613. The third-order valence-electron chi connectivity index (χ3n) is 2.34. The van der Waals surface area contributed by atoms with E-state index in [9.17, 15) is 4.79 Å². The van der Waals surface area contributed by atoms with E-state index in [1.807, 2.05) is 18.5 Å². The van der Waals surface area contributed by atoms with Crippen LogP contribution in [0.15, 0.2) is 11.2 Å². The number of hydrogen-bond acceptors (Lipinski definition) is 5. The van der Waals surface area contributed by atoms with Gasteiger partial charge in [-0.15, -0.1) is 21.5 Å². The lowest BCUT2D eigenvalue weighted by molar-refractivity contribution is 0.102. The molecular formula is C10H9Cl2N3OS2. The number of nitrogens with zero attached hydrogens (tertiary/aromatic N) is 3. The third-order valence-corrected chi connectivity index (χ3v) is 4.85. The standard InChI is InChI=1S/C10H9Cl2N3OS2/c1-5-13-14-10(15(5)2)17-4-7(16)6-3-8(11)18-9(6)12/h3H,4H2,1-2H3. The van der Waals surface area contributed by atoms with Crippen LogP contribution >= 0.6 is 46.3 Å². The second kappa shape index (κ2) is 5.61. The summed E-state index contributed by atoms with van der Waals surface area (Å²) in [5, 5.41) is 8.61. The number of Topliss-reactive ketones (excluding diaryl/α,β-unsaturated/α-hetero) is 1. The monoisotopic (exact) mass is 321 g/mol. The van der Waals surface area contributed by atoms with Crippen molar-refractivity contribution in [1.29, 1.82) is 0 Å². The average molecular weight is 322 g/mol. The molecule has 0 saturated heterocycles. The molecule has 18 heavy (non-hydrogen) atoms. The second-order valence-electron chi connectivity index (χ2n) is 3.54. The van der Waals surface area contributed by atoms with Crippen molar-refractivity contribution in [3.05, 3.63) is 26.1 Å². The Morgan fingerprint density at radius 1 is 1.50 bits per heavy atom. The summed E-state index contributed by atoms with van der Waals surface area (Å²) in [6, 6.07) is 1.60. The highest BCUT2D eigenvalue weighted by molar-refractivity contribution is 7.99. The molecule has 2 heterocycles. The summed E-state index contributed by atoms with van der Waals surface area (Å²) in [4.78, 5) is 12.0. The molecule has 2 aromatic heterocycles. The van der Waals surface area contributed by atoms with Crippen LogP contribution in [0, 0.1) is 6.92 Å². The molecule has 0 N–H and O–H groups in total. The highest BCUT2D eigenvalue weighted by atomic mass is 35.5. The quantitative estimate of drug-likeness (QED) is 0.639. The molecule has 4 nitrogen and oxygen atoms in total. The molecule has 2 aromatic rings. The summed E-state index contributed by atoms with van der Waals surface area (Å²) in [5.74, 6) is 1.01. The van der Waals surface area contributed by atoms with E-state index in [0.717, 1.165) is 5.82 Å². The van der Waals surface area contributed by atoms with Crippen molar-refractivity contribution >= 4 is 52.1 Å². The van der Waals surface area contributed by atoms with Gasteiger partial charge in [-0.3, -0.25) is 4.79 Å². The molecule has 0 radical (unpaired) electrons. The number of ketones is 1. The first-order valence-corrected chi connectivity index (χ1v) is 7.51. The van der Waals surface area contributed by atoms with E-state index < -0.39 is 0 Å². The Bertz CT molecular complexity index is 594. The number of thioether (sulfide) groups is 1. The summed E-state index contributed by atoms with van der Waals surface area (Å²) in [6.07, 6.45) is 0. The first-order chi connectivity index (χ1) is 8.49. The molecule has 0 aliphatic rings.